The molecule has 2 aromatic carbocycles. The summed E-state index contributed by atoms with van der Waals surface area (Å²) in [6.07, 6.45) is 0.682. The van der Waals surface area contributed by atoms with E-state index in [2.05, 4.69) is 5.32 Å². The Morgan fingerprint density at radius 2 is 1.58 bits per heavy atom. The third-order valence-electron chi connectivity index (χ3n) is 5.71. The molecule has 2 N–H and O–H groups in total. The van der Waals surface area contributed by atoms with E-state index in [1.165, 1.54) is 18.7 Å². The first-order valence-corrected chi connectivity index (χ1v) is 11.1. The summed E-state index contributed by atoms with van der Waals surface area (Å²) < 4.78 is 0. The Labute approximate surface area is 194 Å². The van der Waals surface area contributed by atoms with Crippen LogP contribution in [0.2, 0.25) is 0 Å². The zero-order valence-corrected chi connectivity index (χ0v) is 19.4. The Morgan fingerprint density at radius 1 is 1.00 bits per heavy atom. The zero-order valence-electron chi connectivity index (χ0n) is 19.4. The van der Waals surface area contributed by atoms with E-state index >= 15 is 0 Å². The van der Waals surface area contributed by atoms with Crippen molar-refractivity contribution in [1.82, 2.24) is 15.1 Å². The van der Waals surface area contributed by atoms with Crippen molar-refractivity contribution in [3.63, 3.8) is 0 Å². The van der Waals surface area contributed by atoms with Gasteiger partial charge in [-0.2, -0.15) is 0 Å². The molecule has 0 radical (unpaired) electrons. The van der Waals surface area contributed by atoms with Crippen molar-refractivity contribution >= 4 is 23.4 Å². The minimum absolute atomic E-state index is 0.159. The van der Waals surface area contributed by atoms with Crippen molar-refractivity contribution in [3.8, 4) is 0 Å². The van der Waals surface area contributed by atoms with Crippen LogP contribution in [0.5, 0.6) is 0 Å². The Bertz CT molecular complexity index is 1020. The lowest BCUT2D eigenvalue weighted by atomic mass is 9.93. The van der Waals surface area contributed by atoms with Gasteiger partial charge in [-0.05, 0) is 23.5 Å². The van der Waals surface area contributed by atoms with Crippen molar-refractivity contribution in [2.75, 3.05) is 0 Å². The first kappa shape index (κ1) is 24.2. The lowest BCUT2D eigenvalue weighted by Gasteiger charge is -2.45. The Hall–Kier alpha value is -3.45. The van der Waals surface area contributed by atoms with Crippen LogP contribution < -0.4 is 5.32 Å². The number of hydrogen-bond donors (Lipinski definition) is 2. The molecule has 3 rings (SSSR count). The van der Waals surface area contributed by atoms with Gasteiger partial charge in [0.15, 0.2) is 0 Å². The molecule has 0 aromatic heterocycles. The van der Waals surface area contributed by atoms with Gasteiger partial charge in [0.05, 0.1) is 11.7 Å². The second-order valence-corrected chi connectivity index (χ2v) is 8.61. The molecule has 1 aliphatic heterocycles. The van der Waals surface area contributed by atoms with Crippen molar-refractivity contribution in [3.05, 3.63) is 78.0 Å². The second-order valence-electron chi connectivity index (χ2n) is 8.61. The van der Waals surface area contributed by atoms with Crippen LogP contribution in [0.3, 0.4) is 0 Å². The highest BCUT2D eigenvalue weighted by molar-refractivity contribution is 5.97. The molecule has 0 saturated heterocycles. The summed E-state index contributed by atoms with van der Waals surface area (Å²) in [5, 5.41) is 13.6. The summed E-state index contributed by atoms with van der Waals surface area (Å²) in [6, 6.07) is 17.2. The van der Waals surface area contributed by atoms with Gasteiger partial charge in [-0.15, -0.1) is 0 Å². The van der Waals surface area contributed by atoms with E-state index < -0.39 is 24.2 Å². The molecule has 1 heterocycles. The van der Waals surface area contributed by atoms with Crippen molar-refractivity contribution in [2.24, 2.45) is 5.92 Å². The summed E-state index contributed by atoms with van der Waals surface area (Å²) >= 11 is 0. The SMILES string of the molecule is CC(=O)NC(O)[C@H](Cc1ccccc1)N1C(=O)[C@@H](C(C)C)N(C(C)=O)C=C1c1ccccc1. The molecule has 0 spiro atoms. The van der Waals surface area contributed by atoms with Gasteiger partial charge in [-0.25, -0.2) is 0 Å². The van der Waals surface area contributed by atoms with Crippen LogP contribution >= 0.6 is 0 Å². The molecule has 2 aromatic rings. The molecule has 7 heteroatoms. The molecular formula is C26H31N3O4. The molecule has 1 unspecified atom stereocenters. The first-order chi connectivity index (χ1) is 15.7. The fraction of sp³-hybridized carbons (Fsp3) is 0.346. The number of carbonyl (C=O) groups is 3. The highest BCUT2D eigenvalue weighted by Crippen LogP contribution is 2.33. The quantitative estimate of drug-likeness (QED) is 0.636. The third-order valence-corrected chi connectivity index (χ3v) is 5.71. The predicted octanol–water partition coefficient (Wildman–Crippen LogP) is 2.77. The average molecular weight is 450 g/mol. The standard InChI is InChI=1S/C26H31N3O4/c1-17(2)24-26(33)29(23(16-28(24)19(4)31)21-13-9-6-10-14-21)22(25(32)27-18(3)30)15-20-11-7-5-8-12-20/h5-14,16-17,22,24-25,32H,15H2,1-4H3,(H,27,30)/t22-,24+,25?/m0/s1. The normalized spacial score (nSPS) is 18.1. The fourth-order valence-corrected chi connectivity index (χ4v) is 4.22. The van der Waals surface area contributed by atoms with Crippen LogP contribution in [0.1, 0.15) is 38.8 Å². The molecule has 1 aliphatic rings. The maximum absolute atomic E-state index is 14.0. The summed E-state index contributed by atoms with van der Waals surface area (Å²) in [6.45, 7) is 6.52. The highest BCUT2D eigenvalue weighted by atomic mass is 16.3. The van der Waals surface area contributed by atoms with Crippen molar-refractivity contribution < 1.29 is 19.5 Å². The van der Waals surface area contributed by atoms with E-state index in [4.69, 9.17) is 0 Å². The number of rotatable bonds is 7. The van der Waals surface area contributed by atoms with Gasteiger partial charge < -0.3 is 20.2 Å². The summed E-state index contributed by atoms with van der Waals surface area (Å²) in [5.74, 6) is -1.10. The van der Waals surface area contributed by atoms with Gasteiger partial charge in [0, 0.05) is 20.0 Å². The van der Waals surface area contributed by atoms with E-state index in [-0.39, 0.29) is 17.7 Å². The van der Waals surface area contributed by atoms with Gasteiger partial charge in [-0.3, -0.25) is 14.4 Å². The number of aliphatic hydroxyl groups is 1. The maximum Gasteiger partial charge on any atom is 0.250 e. The summed E-state index contributed by atoms with van der Waals surface area (Å²) in [4.78, 5) is 41.3. The molecule has 0 bridgehead atoms. The van der Waals surface area contributed by atoms with Gasteiger partial charge >= 0.3 is 0 Å². The van der Waals surface area contributed by atoms with Crippen LogP contribution in [0.15, 0.2) is 66.9 Å². The van der Waals surface area contributed by atoms with E-state index in [0.29, 0.717) is 12.1 Å². The van der Waals surface area contributed by atoms with Gasteiger partial charge in [0.2, 0.25) is 11.8 Å². The monoisotopic (exact) mass is 449 g/mol. The van der Waals surface area contributed by atoms with Crippen LogP contribution in [-0.4, -0.2) is 50.9 Å². The molecule has 3 amide bonds. The van der Waals surface area contributed by atoms with Gasteiger partial charge in [0.1, 0.15) is 12.3 Å². The number of nitrogens with zero attached hydrogens (tertiary/aromatic N) is 2. The van der Waals surface area contributed by atoms with E-state index in [1.807, 2.05) is 74.5 Å². The van der Waals surface area contributed by atoms with Gasteiger partial charge in [-0.1, -0.05) is 74.5 Å². The molecule has 0 aliphatic carbocycles. The van der Waals surface area contributed by atoms with Crippen LogP contribution in [0, 0.1) is 5.92 Å². The minimum Gasteiger partial charge on any atom is -0.371 e. The van der Waals surface area contributed by atoms with Gasteiger partial charge in [0.25, 0.3) is 5.91 Å². The van der Waals surface area contributed by atoms with Crippen LogP contribution in [-0.2, 0) is 20.8 Å². The number of amides is 3. The Morgan fingerprint density at radius 3 is 2.09 bits per heavy atom. The van der Waals surface area contributed by atoms with Crippen LogP contribution in [0.25, 0.3) is 5.70 Å². The summed E-state index contributed by atoms with van der Waals surface area (Å²) in [7, 11) is 0. The number of carbonyl (C=O) groups excluding carboxylic acids is 3. The first-order valence-electron chi connectivity index (χ1n) is 11.1. The van der Waals surface area contributed by atoms with E-state index in [1.54, 1.807) is 11.1 Å². The molecule has 0 saturated carbocycles. The maximum atomic E-state index is 14.0. The molecular weight excluding hydrogens is 418 g/mol. The number of hydrogen-bond acceptors (Lipinski definition) is 4. The minimum atomic E-state index is -1.31. The summed E-state index contributed by atoms with van der Waals surface area (Å²) in [5.41, 5.74) is 2.13. The average Bonchev–Trinajstić information content (AvgIpc) is 2.77. The zero-order chi connectivity index (χ0) is 24.1. The lowest BCUT2D eigenvalue weighted by molar-refractivity contribution is -0.147. The predicted molar refractivity (Wildman–Crippen MR) is 126 cm³/mol. The largest absolute Gasteiger partial charge is 0.371 e. The molecule has 0 fully saturated rings. The molecule has 7 nitrogen and oxygen atoms in total. The lowest BCUT2D eigenvalue weighted by Crippen LogP contribution is -2.61. The van der Waals surface area contributed by atoms with Crippen LogP contribution in [0.4, 0.5) is 0 Å². The molecule has 174 valence electrons. The highest BCUT2D eigenvalue weighted by Gasteiger charge is 2.44. The van der Waals surface area contributed by atoms with Crippen molar-refractivity contribution in [2.45, 2.75) is 52.4 Å². The topological polar surface area (TPSA) is 89.9 Å². The number of aliphatic hydroxyl groups excluding tert-OH is 1. The fourth-order valence-electron chi connectivity index (χ4n) is 4.22. The van der Waals surface area contributed by atoms with Crippen molar-refractivity contribution in [1.29, 1.82) is 0 Å². The number of nitrogens with one attached hydrogen (secondary N) is 1. The smallest absolute Gasteiger partial charge is 0.250 e. The molecule has 3 atom stereocenters. The van der Waals surface area contributed by atoms with E-state index in [9.17, 15) is 19.5 Å². The Balaban J connectivity index is 2.18. The third kappa shape index (κ3) is 5.49. The number of benzene rings is 2. The van der Waals surface area contributed by atoms with E-state index in [0.717, 1.165) is 11.1 Å². The second kappa shape index (κ2) is 10.4. The Kier molecular flexibility index (Phi) is 7.66. The molecule has 33 heavy (non-hydrogen) atoms.